The molecule has 0 saturated carbocycles. The third-order valence-electron chi connectivity index (χ3n) is 4.48. The van der Waals surface area contributed by atoms with Gasteiger partial charge in [0.05, 0.1) is 25.3 Å². The average molecular weight is 465 g/mol. The number of nitriles is 1. The molecule has 0 amide bonds. The number of nitrogens with two attached hydrogens (primary N) is 1. The lowest BCUT2D eigenvalue weighted by molar-refractivity contribution is -0.141. The summed E-state index contributed by atoms with van der Waals surface area (Å²) in [5, 5.41) is 12.3. The second-order valence-corrected chi connectivity index (χ2v) is 6.81. The summed E-state index contributed by atoms with van der Waals surface area (Å²) >= 11 is 0. The van der Waals surface area contributed by atoms with Crippen molar-refractivity contribution in [1.29, 1.82) is 5.26 Å². The summed E-state index contributed by atoms with van der Waals surface area (Å²) in [6, 6.07) is 5.16. The Morgan fingerprint density at radius 3 is 2.64 bits per heavy atom. The number of hydrogen-bond acceptors (Lipinski definition) is 9. The molecule has 12 heteroatoms. The second-order valence-electron chi connectivity index (χ2n) is 6.81. The molecule has 1 aromatic carbocycles. The molecule has 0 saturated heterocycles. The Labute approximate surface area is 187 Å². The molecule has 0 aliphatic carbocycles. The minimum Gasteiger partial charge on any atom is -0.477 e. The van der Waals surface area contributed by atoms with Crippen molar-refractivity contribution in [3.8, 4) is 11.9 Å². The van der Waals surface area contributed by atoms with E-state index in [-0.39, 0.29) is 54.6 Å². The Bertz CT molecular complexity index is 1050. The number of anilines is 2. The maximum Gasteiger partial charge on any atom is 0.416 e. The molecule has 2 aromatic rings. The van der Waals surface area contributed by atoms with Crippen LogP contribution in [-0.4, -0.2) is 41.5 Å². The van der Waals surface area contributed by atoms with Crippen LogP contribution in [0.25, 0.3) is 0 Å². The van der Waals surface area contributed by atoms with Gasteiger partial charge in [-0.25, -0.2) is 0 Å². The highest BCUT2D eigenvalue weighted by Gasteiger charge is 2.31. The molecule has 9 nitrogen and oxygen atoms in total. The molecule has 0 fully saturated rings. The zero-order chi connectivity index (χ0) is 24.6. The molecule has 176 valence electrons. The number of aromatic nitrogens is 2. The van der Waals surface area contributed by atoms with Crippen LogP contribution in [0.5, 0.6) is 5.88 Å². The number of rotatable bonds is 10. The third-order valence-corrected chi connectivity index (χ3v) is 4.48. The van der Waals surface area contributed by atoms with Gasteiger partial charge >= 0.3 is 12.1 Å². The van der Waals surface area contributed by atoms with Crippen molar-refractivity contribution in [1.82, 2.24) is 9.97 Å². The molecular weight excluding hydrogens is 443 g/mol. The summed E-state index contributed by atoms with van der Waals surface area (Å²) < 4.78 is 48.9. The number of halogens is 3. The number of alkyl halides is 3. The number of carbonyl (C=O) groups excluding carboxylic acids is 2. The molecule has 1 atom stereocenters. The summed E-state index contributed by atoms with van der Waals surface area (Å²) in [5.41, 5.74) is 4.81. The van der Waals surface area contributed by atoms with Crippen LogP contribution in [0.15, 0.2) is 24.3 Å². The summed E-state index contributed by atoms with van der Waals surface area (Å²) in [6.45, 7) is 1.86. The molecule has 0 aliphatic rings. The van der Waals surface area contributed by atoms with Gasteiger partial charge in [-0.3, -0.25) is 9.59 Å². The molecule has 2 rings (SSSR count). The predicted molar refractivity (Wildman–Crippen MR) is 111 cm³/mol. The Morgan fingerprint density at radius 1 is 1.30 bits per heavy atom. The summed E-state index contributed by atoms with van der Waals surface area (Å²) in [7, 11) is 1.18. The van der Waals surface area contributed by atoms with Gasteiger partial charge in [-0.1, -0.05) is 18.2 Å². The van der Waals surface area contributed by atoms with Crippen molar-refractivity contribution in [2.75, 3.05) is 24.8 Å². The number of benzene rings is 1. The highest BCUT2D eigenvalue weighted by atomic mass is 19.4. The highest BCUT2D eigenvalue weighted by Crippen LogP contribution is 2.30. The largest absolute Gasteiger partial charge is 0.477 e. The molecule has 0 unspecified atom stereocenters. The van der Waals surface area contributed by atoms with E-state index >= 15 is 0 Å². The highest BCUT2D eigenvalue weighted by molar-refractivity contribution is 5.89. The van der Waals surface area contributed by atoms with Gasteiger partial charge < -0.3 is 20.5 Å². The third kappa shape index (κ3) is 7.06. The lowest BCUT2D eigenvalue weighted by Crippen LogP contribution is -2.32. The van der Waals surface area contributed by atoms with Gasteiger partial charge in [0, 0.05) is 12.8 Å². The molecule has 33 heavy (non-hydrogen) atoms. The monoisotopic (exact) mass is 465 g/mol. The molecule has 0 aliphatic heterocycles. The summed E-state index contributed by atoms with van der Waals surface area (Å²) in [5.74, 6) is -1.53. The first-order valence-electron chi connectivity index (χ1n) is 9.81. The minimum atomic E-state index is -4.56. The molecular formula is C21H22F3N5O4. The number of nitrogens with zero attached hydrogens (tertiary/aromatic N) is 3. The second kappa shape index (κ2) is 11.1. The lowest BCUT2D eigenvalue weighted by atomic mass is 9.98. The Kier molecular flexibility index (Phi) is 8.56. The summed E-state index contributed by atoms with van der Waals surface area (Å²) in [6.07, 6.45) is -5.15. The van der Waals surface area contributed by atoms with Gasteiger partial charge in [-0.2, -0.15) is 28.4 Å². The van der Waals surface area contributed by atoms with Crippen molar-refractivity contribution in [3.05, 3.63) is 41.0 Å². The van der Waals surface area contributed by atoms with Crippen LogP contribution in [0, 0.1) is 11.3 Å². The van der Waals surface area contributed by atoms with Gasteiger partial charge in [0.15, 0.2) is 17.2 Å². The molecule has 0 radical (unpaired) electrons. The fraction of sp³-hybridized carbons (Fsp3) is 0.381. The van der Waals surface area contributed by atoms with Crippen LogP contribution < -0.4 is 15.8 Å². The van der Waals surface area contributed by atoms with E-state index in [2.05, 4.69) is 20.0 Å². The minimum absolute atomic E-state index is 0.0663. The molecule has 1 aromatic heterocycles. The van der Waals surface area contributed by atoms with E-state index in [0.717, 1.165) is 12.1 Å². The first-order chi connectivity index (χ1) is 15.6. The maximum atomic E-state index is 13.0. The van der Waals surface area contributed by atoms with Gasteiger partial charge in [0.2, 0.25) is 11.8 Å². The first kappa shape index (κ1) is 25.4. The van der Waals surface area contributed by atoms with Crippen molar-refractivity contribution >= 4 is 23.5 Å². The summed E-state index contributed by atoms with van der Waals surface area (Å²) in [4.78, 5) is 32.4. The van der Waals surface area contributed by atoms with E-state index in [1.54, 1.807) is 6.92 Å². The number of Topliss-reactive ketones (excluding diaryl/α,β-unsaturated/α-hetero) is 1. The molecule has 0 spiro atoms. The topological polar surface area (TPSA) is 140 Å². The zero-order valence-corrected chi connectivity index (χ0v) is 17.9. The van der Waals surface area contributed by atoms with E-state index < -0.39 is 29.5 Å². The molecule has 3 N–H and O–H groups in total. The van der Waals surface area contributed by atoms with Crippen molar-refractivity contribution in [2.24, 2.45) is 0 Å². The smallest absolute Gasteiger partial charge is 0.416 e. The first-order valence-corrected chi connectivity index (χ1v) is 9.81. The normalized spacial score (nSPS) is 11.9. The quantitative estimate of drug-likeness (QED) is 0.507. The average Bonchev–Trinajstić information content (AvgIpc) is 2.76. The standard InChI is InChI=1S/C21H22F3N5O4/c1-3-33-19-14(11-25)18(28-20(26)29-19)27-15(7-8-17(31)32-2)16(30)10-12-5-4-6-13(9-12)21(22,23)24/h4-6,9,15H,3,7-8,10H2,1-2H3,(H3,26,27,28,29)/t15-/m0/s1. The maximum absolute atomic E-state index is 13.0. The zero-order valence-electron chi connectivity index (χ0n) is 17.9. The number of esters is 1. The van der Waals surface area contributed by atoms with E-state index in [1.165, 1.54) is 19.2 Å². The van der Waals surface area contributed by atoms with E-state index in [9.17, 15) is 28.0 Å². The van der Waals surface area contributed by atoms with Gasteiger partial charge in [-0.15, -0.1) is 0 Å². The van der Waals surface area contributed by atoms with Crippen LogP contribution in [-0.2, 0) is 26.9 Å². The van der Waals surface area contributed by atoms with E-state index in [1.807, 2.05) is 6.07 Å². The number of carbonyl (C=O) groups is 2. The fourth-order valence-corrected chi connectivity index (χ4v) is 2.93. The van der Waals surface area contributed by atoms with Gasteiger partial charge in [0.25, 0.3) is 0 Å². The predicted octanol–water partition coefficient (Wildman–Crippen LogP) is 2.89. The van der Waals surface area contributed by atoms with Crippen LogP contribution in [0.4, 0.5) is 24.9 Å². The Morgan fingerprint density at radius 2 is 2.03 bits per heavy atom. The number of ketones is 1. The van der Waals surface area contributed by atoms with Crippen molar-refractivity contribution < 1.29 is 32.2 Å². The van der Waals surface area contributed by atoms with Gasteiger partial charge in [0.1, 0.15) is 6.07 Å². The van der Waals surface area contributed by atoms with E-state index in [4.69, 9.17) is 10.5 Å². The number of nitrogen functional groups attached to an aromatic ring is 1. The van der Waals surface area contributed by atoms with Crippen LogP contribution >= 0.6 is 0 Å². The van der Waals surface area contributed by atoms with E-state index in [0.29, 0.717) is 0 Å². The molecule has 0 bridgehead atoms. The van der Waals surface area contributed by atoms with Crippen LogP contribution in [0.2, 0.25) is 0 Å². The Hall–Kier alpha value is -3.88. The number of methoxy groups -OCH3 is 1. The number of ether oxygens (including phenoxy) is 2. The lowest BCUT2D eigenvalue weighted by Gasteiger charge is -2.20. The van der Waals surface area contributed by atoms with Gasteiger partial charge in [-0.05, 0) is 25.0 Å². The van der Waals surface area contributed by atoms with Crippen molar-refractivity contribution in [3.63, 3.8) is 0 Å². The van der Waals surface area contributed by atoms with Crippen LogP contribution in [0.3, 0.4) is 0 Å². The van der Waals surface area contributed by atoms with Crippen molar-refractivity contribution in [2.45, 2.75) is 38.4 Å². The number of nitrogens with one attached hydrogen (secondary N) is 1. The SMILES string of the molecule is CCOc1nc(N)nc(N[C@@H](CCC(=O)OC)C(=O)Cc2cccc(C(F)(F)F)c2)c1C#N. The number of hydrogen-bond donors (Lipinski definition) is 2. The fourth-order valence-electron chi connectivity index (χ4n) is 2.93. The van der Waals surface area contributed by atoms with Crippen LogP contribution in [0.1, 0.15) is 36.5 Å². The molecule has 1 heterocycles. The Balaban J connectivity index is 2.35.